The normalized spacial score (nSPS) is 25.3. The Kier molecular flexibility index (Phi) is 7.25. The van der Waals surface area contributed by atoms with Gasteiger partial charge in [0.05, 0.1) is 0 Å². The standard InChI is InChI=1S/C16H34N2/c1-6-9-16-10-7-8-11-18(16)15(5)14(4)12-17-13(2)3/h13-17H,6-12H2,1-5H3. The third-order valence-electron chi connectivity index (χ3n) is 4.49. The quantitative estimate of drug-likeness (QED) is 0.746. The monoisotopic (exact) mass is 254 g/mol. The largest absolute Gasteiger partial charge is 0.314 e. The number of hydrogen-bond acceptors (Lipinski definition) is 2. The van der Waals surface area contributed by atoms with Crippen molar-refractivity contribution in [1.82, 2.24) is 10.2 Å². The van der Waals surface area contributed by atoms with E-state index in [-0.39, 0.29) is 0 Å². The van der Waals surface area contributed by atoms with Crippen molar-refractivity contribution in [3.8, 4) is 0 Å². The summed E-state index contributed by atoms with van der Waals surface area (Å²) in [5.41, 5.74) is 0. The van der Waals surface area contributed by atoms with Crippen LogP contribution in [0.1, 0.15) is 66.7 Å². The molecule has 1 aliphatic heterocycles. The highest BCUT2D eigenvalue weighted by atomic mass is 15.2. The van der Waals surface area contributed by atoms with Crippen LogP contribution in [0, 0.1) is 5.92 Å². The zero-order chi connectivity index (χ0) is 13.5. The molecule has 1 saturated heterocycles. The number of piperidine rings is 1. The first-order chi connectivity index (χ1) is 8.56. The molecule has 2 heteroatoms. The van der Waals surface area contributed by atoms with Crippen LogP contribution in [-0.2, 0) is 0 Å². The average Bonchev–Trinajstić information content (AvgIpc) is 2.36. The smallest absolute Gasteiger partial charge is 0.0108 e. The fourth-order valence-electron chi connectivity index (χ4n) is 3.12. The lowest BCUT2D eigenvalue weighted by molar-refractivity contribution is 0.0687. The zero-order valence-corrected chi connectivity index (χ0v) is 13.2. The van der Waals surface area contributed by atoms with Gasteiger partial charge in [0, 0.05) is 18.1 Å². The number of rotatable bonds is 7. The van der Waals surface area contributed by atoms with Gasteiger partial charge in [-0.3, -0.25) is 4.90 Å². The Morgan fingerprint density at radius 1 is 1.17 bits per heavy atom. The second-order valence-corrected chi connectivity index (χ2v) is 6.46. The van der Waals surface area contributed by atoms with Crippen LogP contribution < -0.4 is 5.32 Å². The molecule has 18 heavy (non-hydrogen) atoms. The summed E-state index contributed by atoms with van der Waals surface area (Å²) in [5.74, 6) is 0.741. The molecule has 0 saturated carbocycles. The highest BCUT2D eigenvalue weighted by Gasteiger charge is 2.28. The van der Waals surface area contributed by atoms with Crippen LogP contribution in [0.3, 0.4) is 0 Å². The molecule has 2 nitrogen and oxygen atoms in total. The van der Waals surface area contributed by atoms with Gasteiger partial charge in [-0.2, -0.15) is 0 Å². The Morgan fingerprint density at radius 2 is 1.89 bits per heavy atom. The lowest BCUT2D eigenvalue weighted by Gasteiger charge is -2.42. The summed E-state index contributed by atoms with van der Waals surface area (Å²) in [6, 6.07) is 2.17. The van der Waals surface area contributed by atoms with Gasteiger partial charge in [0.25, 0.3) is 0 Å². The van der Waals surface area contributed by atoms with E-state index in [9.17, 15) is 0 Å². The van der Waals surface area contributed by atoms with Gasteiger partial charge in [0.15, 0.2) is 0 Å². The first-order valence-electron chi connectivity index (χ1n) is 8.05. The summed E-state index contributed by atoms with van der Waals surface area (Å²) in [5, 5.41) is 3.59. The van der Waals surface area contributed by atoms with Crippen molar-refractivity contribution in [2.24, 2.45) is 5.92 Å². The SMILES string of the molecule is CCCC1CCCCN1C(C)C(C)CNC(C)C. The summed E-state index contributed by atoms with van der Waals surface area (Å²) in [6.45, 7) is 14.1. The van der Waals surface area contributed by atoms with Gasteiger partial charge in [0.1, 0.15) is 0 Å². The number of nitrogens with one attached hydrogen (secondary N) is 1. The van der Waals surface area contributed by atoms with Crippen molar-refractivity contribution in [3.05, 3.63) is 0 Å². The van der Waals surface area contributed by atoms with Gasteiger partial charge < -0.3 is 5.32 Å². The minimum atomic E-state index is 0.604. The number of likely N-dealkylation sites (tertiary alicyclic amines) is 1. The van der Waals surface area contributed by atoms with Gasteiger partial charge >= 0.3 is 0 Å². The first kappa shape index (κ1) is 16.0. The Bertz CT molecular complexity index is 213. The maximum Gasteiger partial charge on any atom is 0.0108 e. The summed E-state index contributed by atoms with van der Waals surface area (Å²) < 4.78 is 0. The Labute approximate surface area is 115 Å². The number of hydrogen-bond donors (Lipinski definition) is 1. The molecule has 3 atom stereocenters. The summed E-state index contributed by atoms with van der Waals surface area (Å²) >= 11 is 0. The summed E-state index contributed by atoms with van der Waals surface area (Å²) in [4.78, 5) is 2.79. The first-order valence-corrected chi connectivity index (χ1v) is 8.05. The van der Waals surface area contributed by atoms with E-state index in [1.54, 1.807) is 0 Å². The molecule has 1 N–H and O–H groups in total. The van der Waals surface area contributed by atoms with E-state index in [4.69, 9.17) is 0 Å². The van der Waals surface area contributed by atoms with Crippen molar-refractivity contribution in [3.63, 3.8) is 0 Å². The topological polar surface area (TPSA) is 15.3 Å². The van der Waals surface area contributed by atoms with Crippen molar-refractivity contribution >= 4 is 0 Å². The summed E-state index contributed by atoms with van der Waals surface area (Å²) in [7, 11) is 0. The molecule has 0 radical (unpaired) electrons. The van der Waals surface area contributed by atoms with Crippen molar-refractivity contribution < 1.29 is 0 Å². The van der Waals surface area contributed by atoms with Crippen LogP contribution in [0.25, 0.3) is 0 Å². The molecule has 0 aromatic carbocycles. The third kappa shape index (κ3) is 4.89. The molecule has 108 valence electrons. The molecule has 0 bridgehead atoms. The average molecular weight is 254 g/mol. The van der Waals surface area contributed by atoms with Gasteiger partial charge in [-0.1, -0.05) is 40.5 Å². The molecule has 0 spiro atoms. The maximum absolute atomic E-state index is 3.59. The molecule has 0 amide bonds. The molecule has 1 rings (SSSR count). The van der Waals surface area contributed by atoms with E-state index >= 15 is 0 Å². The van der Waals surface area contributed by atoms with Crippen LogP contribution in [-0.4, -0.2) is 36.1 Å². The molecular weight excluding hydrogens is 220 g/mol. The summed E-state index contributed by atoms with van der Waals surface area (Å²) in [6.07, 6.45) is 6.96. The highest BCUT2D eigenvalue weighted by molar-refractivity contribution is 4.84. The lowest BCUT2D eigenvalue weighted by Crippen LogP contribution is -2.49. The molecule has 1 heterocycles. The minimum absolute atomic E-state index is 0.604. The van der Waals surface area contributed by atoms with Gasteiger partial charge in [0.2, 0.25) is 0 Å². The van der Waals surface area contributed by atoms with Crippen molar-refractivity contribution in [1.29, 1.82) is 0 Å². The van der Waals surface area contributed by atoms with Crippen LogP contribution >= 0.6 is 0 Å². The van der Waals surface area contributed by atoms with Gasteiger partial charge in [-0.05, 0) is 45.2 Å². The Morgan fingerprint density at radius 3 is 2.50 bits per heavy atom. The predicted octanol–water partition coefficient (Wildman–Crippen LogP) is 3.66. The molecule has 0 aromatic rings. The zero-order valence-electron chi connectivity index (χ0n) is 13.2. The predicted molar refractivity (Wildman–Crippen MR) is 81.0 cm³/mol. The fraction of sp³-hybridized carbons (Fsp3) is 1.00. The molecule has 0 aliphatic carbocycles. The Balaban J connectivity index is 2.47. The maximum atomic E-state index is 3.59. The van der Waals surface area contributed by atoms with E-state index < -0.39 is 0 Å². The number of nitrogens with zero attached hydrogens (tertiary/aromatic N) is 1. The molecule has 0 aromatic heterocycles. The van der Waals surface area contributed by atoms with Crippen molar-refractivity contribution in [2.45, 2.75) is 84.8 Å². The molecule has 3 unspecified atom stereocenters. The van der Waals surface area contributed by atoms with Gasteiger partial charge in [-0.25, -0.2) is 0 Å². The molecule has 1 fully saturated rings. The fourth-order valence-corrected chi connectivity index (χ4v) is 3.12. The van der Waals surface area contributed by atoms with E-state index in [0.717, 1.165) is 18.5 Å². The van der Waals surface area contributed by atoms with Crippen LogP contribution in [0.15, 0.2) is 0 Å². The lowest BCUT2D eigenvalue weighted by atomic mass is 9.92. The highest BCUT2D eigenvalue weighted by Crippen LogP contribution is 2.25. The van der Waals surface area contributed by atoms with Crippen LogP contribution in [0.2, 0.25) is 0 Å². The molecular formula is C16H34N2. The Hall–Kier alpha value is -0.0800. The van der Waals surface area contributed by atoms with E-state index in [1.807, 2.05) is 0 Å². The third-order valence-corrected chi connectivity index (χ3v) is 4.49. The van der Waals surface area contributed by atoms with E-state index in [2.05, 4.69) is 44.8 Å². The van der Waals surface area contributed by atoms with Crippen LogP contribution in [0.5, 0.6) is 0 Å². The second kappa shape index (κ2) is 8.16. The van der Waals surface area contributed by atoms with E-state index in [1.165, 1.54) is 38.6 Å². The van der Waals surface area contributed by atoms with Crippen LogP contribution in [0.4, 0.5) is 0 Å². The second-order valence-electron chi connectivity index (χ2n) is 6.46. The van der Waals surface area contributed by atoms with Gasteiger partial charge in [-0.15, -0.1) is 0 Å². The minimum Gasteiger partial charge on any atom is -0.314 e. The van der Waals surface area contributed by atoms with E-state index in [0.29, 0.717) is 12.1 Å². The van der Waals surface area contributed by atoms with Crippen molar-refractivity contribution in [2.75, 3.05) is 13.1 Å². The molecule has 1 aliphatic rings.